The second-order valence-corrected chi connectivity index (χ2v) is 10.1. The molecule has 5 rings (SSSR count). The number of nitrogens with zero attached hydrogens (tertiary/aromatic N) is 3. The summed E-state index contributed by atoms with van der Waals surface area (Å²) in [5, 5.41) is 13.0. The summed E-state index contributed by atoms with van der Waals surface area (Å²) in [7, 11) is -4.11. The standard InChI is InChI=1S/C23H21F3N4O4S/c24-23(25,26)34-14-8-10-15(11-9-14)35(32,33)29-18-5-3-7-20(21(18)31)30-19-6-2-1-4-16(19)17-12-27-13-28-22(17)30/h1-2,4,6,8-13,18,20-21,29,31H,3,5,7H2/t18?,20?,21-/m1/s1. The van der Waals surface area contributed by atoms with Crippen LogP contribution >= 0.6 is 0 Å². The van der Waals surface area contributed by atoms with Crippen molar-refractivity contribution < 1.29 is 31.4 Å². The average molecular weight is 507 g/mol. The maximum Gasteiger partial charge on any atom is 0.573 e. The van der Waals surface area contributed by atoms with Gasteiger partial charge in [0.2, 0.25) is 10.0 Å². The minimum Gasteiger partial charge on any atom is -0.406 e. The summed E-state index contributed by atoms with van der Waals surface area (Å²) in [6.07, 6.45) is -1.15. The van der Waals surface area contributed by atoms with E-state index in [1.807, 2.05) is 28.8 Å². The number of benzene rings is 2. The Kier molecular flexibility index (Phi) is 5.90. The number of aromatic nitrogens is 3. The number of sulfonamides is 1. The van der Waals surface area contributed by atoms with Gasteiger partial charge in [-0.2, -0.15) is 0 Å². The van der Waals surface area contributed by atoms with Crippen LogP contribution in [0.3, 0.4) is 0 Å². The minimum atomic E-state index is -4.88. The van der Waals surface area contributed by atoms with Crippen LogP contribution in [-0.2, 0) is 10.0 Å². The fourth-order valence-corrected chi connectivity index (χ4v) is 6.01. The van der Waals surface area contributed by atoms with Crippen LogP contribution in [0.5, 0.6) is 5.75 Å². The van der Waals surface area contributed by atoms with Gasteiger partial charge in [0.05, 0.1) is 28.6 Å². The molecule has 0 bridgehead atoms. The summed E-state index contributed by atoms with van der Waals surface area (Å²) >= 11 is 0. The summed E-state index contributed by atoms with van der Waals surface area (Å²) in [6, 6.07) is 10.3. The first-order valence-electron chi connectivity index (χ1n) is 10.9. The van der Waals surface area contributed by atoms with Gasteiger partial charge in [0.25, 0.3) is 0 Å². The van der Waals surface area contributed by atoms with E-state index in [4.69, 9.17) is 0 Å². The Balaban J connectivity index is 1.42. The number of fused-ring (bicyclic) bond motifs is 3. The van der Waals surface area contributed by atoms with Gasteiger partial charge in [-0.05, 0) is 49.6 Å². The number of rotatable bonds is 5. The van der Waals surface area contributed by atoms with E-state index in [9.17, 15) is 26.7 Å². The Hall–Kier alpha value is -3.22. The van der Waals surface area contributed by atoms with Crippen molar-refractivity contribution in [3.05, 3.63) is 61.1 Å². The van der Waals surface area contributed by atoms with Gasteiger partial charge in [-0.3, -0.25) is 0 Å². The minimum absolute atomic E-state index is 0.231. The van der Waals surface area contributed by atoms with Crippen molar-refractivity contribution in [2.75, 3.05) is 0 Å². The lowest BCUT2D eigenvalue weighted by molar-refractivity contribution is -0.274. The van der Waals surface area contributed by atoms with Crippen LogP contribution in [0, 0.1) is 0 Å². The highest BCUT2D eigenvalue weighted by Gasteiger charge is 2.37. The van der Waals surface area contributed by atoms with Crippen LogP contribution in [0.2, 0.25) is 0 Å². The maximum absolute atomic E-state index is 12.9. The molecule has 0 amide bonds. The van der Waals surface area contributed by atoms with Crippen molar-refractivity contribution in [3.63, 3.8) is 0 Å². The van der Waals surface area contributed by atoms with Crippen LogP contribution in [0.25, 0.3) is 21.9 Å². The summed E-state index contributed by atoms with van der Waals surface area (Å²) in [4.78, 5) is 8.30. The van der Waals surface area contributed by atoms with Crippen molar-refractivity contribution in [2.45, 2.75) is 48.7 Å². The maximum atomic E-state index is 12.9. The third-order valence-corrected chi connectivity index (χ3v) is 7.71. The molecule has 2 N–H and O–H groups in total. The highest BCUT2D eigenvalue weighted by Crippen LogP contribution is 2.37. The molecule has 0 aliphatic heterocycles. The third kappa shape index (κ3) is 4.56. The lowest BCUT2D eigenvalue weighted by atomic mass is 9.88. The zero-order valence-electron chi connectivity index (χ0n) is 18.2. The topological polar surface area (TPSA) is 106 Å². The average Bonchev–Trinajstić information content (AvgIpc) is 3.14. The summed E-state index contributed by atoms with van der Waals surface area (Å²) in [6.45, 7) is 0. The fourth-order valence-electron chi connectivity index (χ4n) is 4.72. The van der Waals surface area contributed by atoms with E-state index in [-0.39, 0.29) is 4.90 Å². The largest absolute Gasteiger partial charge is 0.573 e. The van der Waals surface area contributed by atoms with Gasteiger partial charge in [0.15, 0.2) is 0 Å². The number of hydrogen-bond donors (Lipinski definition) is 2. The van der Waals surface area contributed by atoms with E-state index in [1.54, 1.807) is 6.20 Å². The Bertz CT molecular complexity index is 1420. The van der Waals surface area contributed by atoms with Crippen molar-refractivity contribution in [1.29, 1.82) is 0 Å². The number of nitrogens with one attached hydrogen (secondary N) is 1. The first-order valence-corrected chi connectivity index (χ1v) is 12.4. The molecule has 4 aromatic rings. The van der Waals surface area contributed by atoms with Crippen LogP contribution in [0.1, 0.15) is 25.3 Å². The van der Waals surface area contributed by atoms with E-state index in [2.05, 4.69) is 19.4 Å². The quantitative estimate of drug-likeness (QED) is 0.425. The van der Waals surface area contributed by atoms with Gasteiger partial charge < -0.3 is 14.4 Å². The van der Waals surface area contributed by atoms with Crippen molar-refractivity contribution in [3.8, 4) is 5.75 Å². The van der Waals surface area contributed by atoms with E-state index >= 15 is 0 Å². The van der Waals surface area contributed by atoms with Gasteiger partial charge in [-0.1, -0.05) is 18.2 Å². The number of aliphatic hydroxyl groups excluding tert-OH is 1. The lowest BCUT2D eigenvalue weighted by Gasteiger charge is -2.36. The SMILES string of the molecule is O=S(=O)(NC1CCCC(n2c3ccccc3c3cncnc32)[C@@H]1O)c1ccc(OC(F)(F)F)cc1. The van der Waals surface area contributed by atoms with E-state index < -0.39 is 40.3 Å². The molecule has 2 aromatic carbocycles. The molecule has 8 nitrogen and oxygen atoms in total. The lowest BCUT2D eigenvalue weighted by Crippen LogP contribution is -2.49. The summed E-state index contributed by atoms with van der Waals surface area (Å²) < 4.78 is 71.3. The molecule has 12 heteroatoms. The van der Waals surface area contributed by atoms with Crippen LogP contribution in [0.4, 0.5) is 13.2 Å². The zero-order chi connectivity index (χ0) is 24.8. The number of halogens is 3. The number of ether oxygens (including phenoxy) is 1. The van der Waals surface area contributed by atoms with Crippen LogP contribution < -0.4 is 9.46 Å². The highest BCUT2D eigenvalue weighted by atomic mass is 32.2. The van der Waals surface area contributed by atoms with Crippen molar-refractivity contribution in [2.24, 2.45) is 0 Å². The Morgan fingerprint density at radius 2 is 1.80 bits per heavy atom. The molecular weight excluding hydrogens is 485 g/mol. The molecular formula is C23H21F3N4O4S. The Morgan fingerprint density at radius 1 is 1.06 bits per heavy atom. The Morgan fingerprint density at radius 3 is 2.54 bits per heavy atom. The van der Waals surface area contributed by atoms with Gasteiger partial charge in [-0.15, -0.1) is 13.2 Å². The molecule has 0 spiro atoms. The smallest absolute Gasteiger partial charge is 0.406 e. The third-order valence-electron chi connectivity index (χ3n) is 6.20. The summed E-state index contributed by atoms with van der Waals surface area (Å²) in [5.74, 6) is -0.525. The molecule has 1 saturated carbocycles. The molecule has 2 aromatic heterocycles. The van der Waals surface area contributed by atoms with Gasteiger partial charge in [0, 0.05) is 17.0 Å². The monoisotopic (exact) mass is 506 g/mol. The molecule has 1 aliphatic rings. The molecule has 1 fully saturated rings. The molecule has 1 aliphatic carbocycles. The molecule has 0 radical (unpaired) electrons. The van der Waals surface area contributed by atoms with Crippen LogP contribution in [0.15, 0.2) is 66.0 Å². The predicted octanol–water partition coefficient (Wildman–Crippen LogP) is 3.92. The van der Waals surface area contributed by atoms with Crippen LogP contribution in [-0.4, -0.2) is 46.6 Å². The van der Waals surface area contributed by atoms with Gasteiger partial charge >= 0.3 is 6.36 Å². The summed E-state index contributed by atoms with van der Waals surface area (Å²) in [5.41, 5.74) is 1.50. The first-order chi connectivity index (χ1) is 16.6. The number of alkyl halides is 3. The van der Waals surface area contributed by atoms with E-state index in [0.717, 1.165) is 40.6 Å². The number of para-hydroxylation sites is 1. The van der Waals surface area contributed by atoms with Gasteiger partial charge in [-0.25, -0.2) is 23.1 Å². The molecule has 2 unspecified atom stereocenters. The molecule has 184 valence electrons. The van der Waals surface area contributed by atoms with Crippen molar-refractivity contribution in [1.82, 2.24) is 19.3 Å². The number of aliphatic hydroxyl groups is 1. The first kappa shape index (κ1) is 23.5. The fraction of sp³-hybridized carbons (Fsp3) is 0.304. The number of hydrogen-bond acceptors (Lipinski definition) is 6. The molecule has 0 saturated heterocycles. The molecule has 2 heterocycles. The van der Waals surface area contributed by atoms with E-state index in [0.29, 0.717) is 24.9 Å². The highest BCUT2D eigenvalue weighted by molar-refractivity contribution is 7.89. The zero-order valence-corrected chi connectivity index (χ0v) is 19.0. The van der Waals surface area contributed by atoms with Crippen molar-refractivity contribution >= 4 is 32.0 Å². The normalized spacial score (nSPS) is 21.4. The second-order valence-electron chi connectivity index (χ2n) is 8.38. The molecule has 3 atom stereocenters. The predicted molar refractivity (Wildman–Crippen MR) is 121 cm³/mol. The second kappa shape index (κ2) is 8.77. The van der Waals surface area contributed by atoms with E-state index in [1.165, 1.54) is 6.33 Å². The molecule has 35 heavy (non-hydrogen) atoms. The van der Waals surface area contributed by atoms with Gasteiger partial charge in [0.1, 0.15) is 17.7 Å². The Labute approximate surface area is 198 Å².